The summed E-state index contributed by atoms with van der Waals surface area (Å²) in [5.74, 6) is 0.384. The zero-order valence-electron chi connectivity index (χ0n) is 13.6. The first-order valence-electron chi connectivity index (χ1n) is 7.97. The fourth-order valence-corrected chi connectivity index (χ4v) is 2.74. The Balaban J connectivity index is 1.65. The van der Waals surface area contributed by atoms with Gasteiger partial charge in [-0.1, -0.05) is 18.2 Å². The van der Waals surface area contributed by atoms with Crippen LogP contribution in [-0.2, 0) is 0 Å². The molecule has 2 N–H and O–H groups in total. The minimum Gasteiger partial charge on any atom is -0.506 e. The van der Waals surface area contributed by atoms with Gasteiger partial charge in [-0.05, 0) is 47.5 Å². The zero-order valence-corrected chi connectivity index (χ0v) is 13.6. The van der Waals surface area contributed by atoms with Crippen LogP contribution in [0, 0.1) is 0 Å². The maximum atomic E-state index is 12.3. The number of phenols is 1. The summed E-state index contributed by atoms with van der Waals surface area (Å²) < 4.78 is 0. The molecule has 0 fully saturated rings. The molecule has 2 heterocycles. The van der Waals surface area contributed by atoms with Gasteiger partial charge in [-0.2, -0.15) is 0 Å². The summed E-state index contributed by atoms with van der Waals surface area (Å²) in [6.45, 7) is 0. The molecule has 0 atom stereocenters. The number of aromatic nitrogens is 3. The Bertz CT molecular complexity index is 1080. The molecule has 0 radical (unpaired) electrons. The van der Waals surface area contributed by atoms with Crippen LogP contribution in [0.5, 0.6) is 5.75 Å². The van der Waals surface area contributed by atoms with Crippen LogP contribution in [0.4, 0.5) is 5.82 Å². The zero-order chi connectivity index (χ0) is 17.9. The molecule has 1 amide bonds. The van der Waals surface area contributed by atoms with Gasteiger partial charge in [0.25, 0.3) is 5.91 Å². The van der Waals surface area contributed by atoms with Crippen molar-refractivity contribution in [3.05, 3.63) is 78.9 Å². The van der Waals surface area contributed by atoms with E-state index in [-0.39, 0.29) is 11.7 Å². The first kappa shape index (κ1) is 15.7. The van der Waals surface area contributed by atoms with Crippen molar-refractivity contribution in [1.29, 1.82) is 0 Å². The van der Waals surface area contributed by atoms with Gasteiger partial charge >= 0.3 is 0 Å². The van der Waals surface area contributed by atoms with Crippen molar-refractivity contribution in [1.82, 2.24) is 15.0 Å². The molecule has 0 spiro atoms. The molecule has 0 aliphatic heterocycles. The van der Waals surface area contributed by atoms with Crippen molar-refractivity contribution in [2.45, 2.75) is 0 Å². The average molecular weight is 342 g/mol. The van der Waals surface area contributed by atoms with E-state index in [9.17, 15) is 9.90 Å². The van der Waals surface area contributed by atoms with Crippen molar-refractivity contribution in [3.8, 4) is 16.9 Å². The van der Waals surface area contributed by atoms with Gasteiger partial charge in [0.1, 0.15) is 23.4 Å². The van der Waals surface area contributed by atoms with Crippen LogP contribution in [0.1, 0.15) is 10.4 Å². The molecule has 0 unspecified atom stereocenters. The van der Waals surface area contributed by atoms with E-state index in [2.05, 4.69) is 20.3 Å². The second-order valence-electron chi connectivity index (χ2n) is 5.66. The van der Waals surface area contributed by atoms with Crippen LogP contribution < -0.4 is 5.32 Å². The number of carbonyl (C=O) groups is 1. The van der Waals surface area contributed by atoms with E-state index in [0.29, 0.717) is 16.9 Å². The Morgan fingerprint density at radius 1 is 0.962 bits per heavy atom. The van der Waals surface area contributed by atoms with Crippen LogP contribution in [-0.4, -0.2) is 26.0 Å². The molecule has 0 aliphatic rings. The van der Waals surface area contributed by atoms with Gasteiger partial charge < -0.3 is 10.4 Å². The summed E-state index contributed by atoms with van der Waals surface area (Å²) in [6.07, 6.45) is 4.69. The smallest absolute Gasteiger partial charge is 0.256 e. The van der Waals surface area contributed by atoms with Gasteiger partial charge in [-0.15, -0.1) is 0 Å². The number of nitrogens with zero attached hydrogens (tertiary/aromatic N) is 3. The highest BCUT2D eigenvalue weighted by atomic mass is 16.3. The Labute approximate surface area is 149 Å². The summed E-state index contributed by atoms with van der Waals surface area (Å²) in [4.78, 5) is 24.6. The average Bonchev–Trinajstić information content (AvgIpc) is 2.69. The van der Waals surface area contributed by atoms with E-state index in [0.717, 1.165) is 16.5 Å². The standard InChI is InChI=1S/C20H14N4O2/c25-17-9-8-15(16-11-21-12-23-19(16)17)13-4-6-14(7-5-13)20(26)24-18-3-1-2-10-22-18/h1-12,25H,(H,22,24,26). The summed E-state index contributed by atoms with van der Waals surface area (Å²) >= 11 is 0. The Morgan fingerprint density at radius 3 is 2.58 bits per heavy atom. The van der Waals surface area contributed by atoms with Gasteiger partial charge in [-0.3, -0.25) is 4.79 Å². The lowest BCUT2D eigenvalue weighted by Crippen LogP contribution is -2.12. The predicted octanol–water partition coefficient (Wildman–Crippen LogP) is 3.65. The Morgan fingerprint density at radius 2 is 1.81 bits per heavy atom. The monoisotopic (exact) mass is 342 g/mol. The van der Waals surface area contributed by atoms with Crippen molar-refractivity contribution in [2.75, 3.05) is 5.32 Å². The minimum absolute atomic E-state index is 0.109. The van der Waals surface area contributed by atoms with E-state index >= 15 is 0 Å². The fraction of sp³-hybridized carbons (Fsp3) is 0. The summed E-state index contributed by atoms with van der Waals surface area (Å²) in [5.41, 5.74) is 2.81. The van der Waals surface area contributed by atoms with Crippen LogP contribution in [0.15, 0.2) is 73.3 Å². The molecule has 0 saturated carbocycles. The second-order valence-corrected chi connectivity index (χ2v) is 5.66. The molecule has 0 aliphatic carbocycles. The fourth-order valence-electron chi connectivity index (χ4n) is 2.74. The van der Waals surface area contributed by atoms with E-state index in [1.54, 1.807) is 42.7 Å². The molecule has 2 aromatic heterocycles. The third kappa shape index (κ3) is 2.95. The molecular weight excluding hydrogens is 328 g/mol. The predicted molar refractivity (Wildman–Crippen MR) is 98.8 cm³/mol. The summed E-state index contributed by atoms with van der Waals surface area (Å²) in [5, 5.41) is 13.5. The van der Waals surface area contributed by atoms with E-state index in [4.69, 9.17) is 0 Å². The number of rotatable bonds is 3. The van der Waals surface area contributed by atoms with E-state index in [1.807, 2.05) is 24.3 Å². The molecule has 126 valence electrons. The third-order valence-corrected chi connectivity index (χ3v) is 4.02. The maximum absolute atomic E-state index is 12.3. The number of hydrogen-bond donors (Lipinski definition) is 2. The number of aromatic hydroxyl groups is 1. The lowest BCUT2D eigenvalue weighted by Gasteiger charge is -2.09. The molecule has 2 aromatic carbocycles. The minimum atomic E-state index is -0.228. The van der Waals surface area contributed by atoms with Gasteiger partial charge in [0.15, 0.2) is 0 Å². The molecule has 6 heteroatoms. The number of hydrogen-bond acceptors (Lipinski definition) is 5. The van der Waals surface area contributed by atoms with Crippen LogP contribution in [0.25, 0.3) is 22.0 Å². The molecule has 4 rings (SSSR count). The number of benzene rings is 2. The molecule has 0 bridgehead atoms. The number of nitrogens with one attached hydrogen (secondary N) is 1. The number of carbonyl (C=O) groups excluding carboxylic acids is 1. The summed E-state index contributed by atoms with van der Waals surface area (Å²) in [6, 6.07) is 15.9. The van der Waals surface area contributed by atoms with E-state index < -0.39 is 0 Å². The van der Waals surface area contributed by atoms with Crippen LogP contribution in [0.3, 0.4) is 0 Å². The largest absolute Gasteiger partial charge is 0.506 e. The highest BCUT2D eigenvalue weighted by Crippen LogP contribution is 2.32. The second kappa shape index (κ2) is 6.60. The SMILES string of the molecule is O=C(Nc1ccccn1)c1ccc(-c2ccc(O)c3ncncc23)cc1. The topological polar surface area (TPSA) is 88.0 Å². The lowest BCUT2D eigenvalue weighted by molar-refractivity contribution is 0.102. The van der Waals surface area contributed by atoms with Gasteiger partial charge in [0.2, 0.25) is 0 Å². The highest BCUT2D eigenvalue weighted by Gasteiger charge is 2.10. The highest BCUT2D eigenvalue weighted by molar-refractivity contribution is 6.04. The van der Waals surface area contributed by atoms with Crippen molar-refractivity contribution in [3.63, 3.8) is 0 Å². The number of anilines is 1. The summed E-state index contributed by atoms with van der Waals surface area (Å²) in [7, 11) is 0. The van der Waals surface area contributed by atoms with Crippen LogP contribution in [0.2, 0.25) is 0 Å². The van der Waals surface area contributed by atoms with Crippen molar-refractivity contribution >= 4 is 22.6 Å². The Kier molecular flexibility index (Phi) is 3.99. The van der Waals surface area contributed by atoms with Crippen molar-refractivity contribution in [2.24, 2.45) is 0 Å². The molecule has 0 saturated heterocycles. The van der Waals surface area contributed by atoms with Crippen molar-refractivity contribution < 1.29 is 9.90 Å². The Hall–Kier alpha value is -3.80. The number of fused-ring (bicyclic) bond motifs is 1. The quantitative estimate of drug-likeness (QED) is 0.593. The molecule has 4 aromatic rings. The molecule has 26 heavy (non-hydrogen) atoms. The van der Waals surface area contributed by atoms with Crippen LogP contribution >= 0.6 is 0 Å². The number of pyridine rings is 1. The normalized spacial score (nSPS) is 10.6. The lowest BCUT2D eigenvalue weighted by atomic mass is 10.00. The molecule has 6 nitrogen and oxygen atoms in total. The molecular formula is C20H14N4O2. The first-order valence-corrected chi connectivity index (χ1v) is 7.97. The van der Waals surface area contributed by atoms with Gasteiger partial charge in [0, 0.05) is 23.3 Å². The van der Waals surface area contributed by atoms with Gasteiger partial charge in [-0.25, -0.2) is 15.0 Å². The first-order chi connectivity index (χ1) is 12.7. The number of phenolic OH excluding ortho intramolecular Hbond substituents is 1. The third-order valence-electron chi connectivity index (χ3n) is 4.02. The van der Waals surface area contributed by atoms with Gasteiger partial charge in [0.05, 0.1) is 0 Å². The van der Waals surface area contributed by atoms with E-state index in [1.165, 1.54) is 6.33 Å². The number of amides is 1. The maximum Gasteiger partial charge on any atom is 0.256 e.